The molecule has 18 heavy (non-hydrogen) atoms. The summed E-state index contributed by atoms with van der Waals surface area (Å²) in [6.07, 6.45) is 18.1. The highest BCUT2D eigenvalue weighted by Crippen LogP contribution is 2.10. The van der Waals surface area contributed by atoms with Crippen LogP contribution in [0.2, 0.25) is 0 Å². The van der Waals surface area contributed by atoms with E-state index in [-0.39, 0.29) is 0 Å². The fourth-order valence-corrected chi connectivity index (χ4v) is 2.51. The average Bonchev–Trinajstić information content (AvgIpc) is 2.84. The first-order chi connectivity index (χ1) is 8.88. The Bertz CT molecular complexity index is 291. The van der Waals surface area contributed by atoms with E-state index < -0.39 is 0 Å². The van der Waals surface area contributed by atoms with Gasteiger partial charge in [0.1, 0.15) is 12.4 Å². The first-order valence-corrected chi connectivity index (χ1v) is 7.94. The highest BCUT2D eigenvalue weighted by molar-refractivity contribution is 4.77. The molecule has 0 atom stereocenters. The largest absolute Gasteiger partial charge is 0.254 e. The number of imidazole rings is 1. The van der Waals surface area contributed by atoms with Gasteiger partial charge in [-0.25, -0.2) is 9.55 Å². The molecule has 2 heteroatoms. The van der Waals surface area contributed by atoms with Crippen molar-refractivity contribution in [2.24, 2.45) is 0 Å². The summed E-state index contributed by atoms with van der Waals surface area (Å²) in [6.45, 7) is 5.56. The predicted molar refractivity (Wildman–Crippen MR) is 77.6 cm³/mol. The van der Waals surface area contributed by atoms with E-state index >= 15 is 0 Å². The summed E-state index contributed by atoms with van der Waals surface area (Å²) >= 11 is 0. The number of H-pyrrole nitrogens is 1. The third kappa shape index (κ3) is 6.23. The Kier molecular flexibility index (Phi) is 8.62. The molecule has 0 radical (unpaired) electrons. The molecule has 1 rings (SSSR count). The normalized spacial score (nSPS) is 11.0. The second-order valence-corrected chi connectivity index (χ2v) is 5.27. The van der Waals surface area contributed by atoms with Crippen LogP contribution >= 0.6 is 0 Å². The van der Waals surface area contributed by atoms with Crippen molar-refractivity contribution in [3.05, 3.63) is 18.2 Å². The highest BCUT2D eigenvalue weighted by Gasteiger charge is 2.07. The van der Waals surface area contributed by atoms with Gasteiger partial charge in [-0.1, -0.05) is 58.3 Å². The third-order valence-corrected chi connectivity index (χ3v) is 3.71. The zero-order valence-electron chi connectivity index (χ0n) is 12.4. The molecule has 0 aliphatic rings. The summed E-state index contributed by atoms with van der Waals surface area (Å²) in [4.78, 5) is 3.34. The van der Waals surface area contributed by atoms with Crippen LogP contribution in [-0.4, -0.2) is 4.98 Å². The van der Waals surface area contributed by atoms with Gasteiger partial charge in [-0.05, 0) is 13.3 Å². The summed E-state index contributed by atoms with van der Waals surface area (Å²) in [5.74, 6) is 1.39. The van der Waals surface area contributed by atoms with Crippen molar-refractivity contribution in [3.63, 3.8) is 0 Å². The Hall–Kier alpha value is -0.790. The molecule has 0 fully saturated rings. The van der Waals surface area contributed by atoms with Crippen LogP contribution in [0.15, 0.2) is 12.4 Å². The van der Waals surface area contributed by atoms with Crippen LogP contribution in [0.4, 0.5) is 0 Å². The second-order valence-electron chi connectivity index (χ2n) is 5.27. The maximum atomic E-state index is 3.34. The van der Waals surface area contributed by atoms with Gasteiger partial charge in [0.25, 0.3) is 5.82 Å². The summed E-state index contributed by atoms with van der Waals surface area (Å²) < 4.78 is 2.31. The summed E-state index contributed by atoms with van der Waals surface area (Å²) in [5, 5.41) is 0. The zero-order valence-corrected chi connectivity index (χ0v) is 12.4. The number of rotatable bonds is 11. The molecule has 1 heterocycles. The fraction of sp³-hybridized carbons (Fsp3) is 0.812. The van der Waals surface area contributed by atoms with Gasteiger partial charge < -0.3 is 0 Å². The SMILES string of the molecule is CCCCCCCCCCCc1[nH]cc[n+]1CC. The van der Waals surface area contributed by atoms with E-state index in [1.807, 2.05) is 6.20 Å². The van der Waals surface area contributed by atoms with E-state index in [4.69, 9.17) is 0 Å². The molecular weight excluding hydrogens is 220 g/mol. The Labute approximate surface area is 113 Å². The van der Waals surface area contributed by atoms with Gasteiger partial charge in [-0.2, -0.15) is 0 Å². The predicted octanol–water partition coefficient (Wildman–Crippen LogP) is 4.40. The van der Waals surface area contributed by atoms with Crippen molar-refractivity contribution in [1.29, 1.82) is 0 Å². The Balaban J connectivity index is 1.92. The number of hydrogen-bond donors (Lipinski definition) is 1. The van der Waals surface area contributed by atoms with Gasteiger partial charge >= 0.3 is 0 Å². The lowest BCUT2D eigenvalue weighted by atomic mass is 10.1. The lowest BCUT2D eigenvalue weighted by Crippen LogP contribution is -2.34. The molecule has 0 saturated heterocycles. The van der Waals surface area contributed by atoms with Crippen molar-refractivity contribution < 1.29 is 4.57 Å². The number of aryl methyl sites for hydroxylation is 2. The topological polar surface area (TPSA) is 19.7 Å². The monoisotopic (exact) mass is 251 g/mol. The van der Waals surface area contributed by atoms with Gasteiger partial charge in [-0.15, -0.1) is 0 Å². The second kappa shape index (κ2) is 10.2. The molecular formula is C16H31N2+. The minimum absolute atomic E-state index is 1.08. The molecule has 1 aromatic heterocycles. The number of unbranched alkanes of at least 4 members (excludes halogenated alkanes) is 8. The number of nitrogens with zero attached hydrogens (tertiary/aromatic N) is 1. The minimum atomic E-state index is 1.08. The van der Waals surface area contributed by atoms with Crippen LogP contribution in [0.3, 0.4) is 0 Å². The quantitative estimate of drug-likeness (QED) is 0.444. The first kappa shape index (κ1) is 15.3. The average molecular weight is 251 g/mol. The van der Waals surface area contributed by atoms with E-state index in [0.717, 1.165) is 6.54 Å². The number of hydrogen-bond acceptors (Lipinski definition) is 0. The summed E-state index contributed by atoms with van der Waals surface area (Å²) in [5.41, 5.74) is 0. The molecule has 1 aromatic rings. The number of aromatic amines is 1. The molecule has 0 aliphatic carbocycles. The van der Waals surface area contributed by atoms with Gasteiger partial charge in [0.05, 0.1) is 6.54 Å². The van der Waals surface area contributed by atoms with Crippen molar-refractivity contribution in [2.75, 3.05) is 0 Å². The molecule has 0 saturated carbocycles. The van der Waals surface area contributed by atoms with Gasteiger partial charge in [0, 0.05) is 6.42 Å². The standard InChI is InChI=1S/C16H30N2/c1-3-5-6-7-8-9-10-11-12-13-16-17-14-15-18(16)4-2/h14-15H,3-13H2,1-2H3/p+1. The van der Waals surface area contributed by atoms with Crippen LogP contribution in [0.1, 0.15) is 77.5 Å². The minimum Gasteiger partial charge on any atom is -0.248 e. The molecule has 0 bridgehead atoms. The van der Waals surface area contributed by atoms with Gasteiger partial charge in [0.2, 0.25) is 0 Å². The van der Waals surface area contributed by atoms with Crippen molar-refractivity contribution >= 4 is 0 Å². The molecule has 104 valence electrons. The summed E-state index contributed by atoms with van der Waals surface area (Å²) in [7, 11) is 0. The van der Waals surface area contributed by atoms with Crippen molar-refractivity contribution in [3.8, 4) is 0 Å². The smallest absolute Gasteiger partial charge is 0.248 e. The Morgan fingerprint density at radius 3 is 2.11 bits per heavy atom. The van der Waals surface area contributed by atoms with E-state index in [1.54, 1.807) is 0 Å². The molecule has 2 nitrogen and oxygen atoms in total. The maximum absolute atomic E-state index is 3.34. The van der Waals surface area contributed by atoms with Crippen LogP contribution in [0.5, 0.6) is 0 Å². The molecule has 1 N–H and O–H groups in total. The Morgan fingerprint density at radius 2 is 1.50 bits per heavy atom. The Morgan fingerprint density at radius 1 is 0.889 bits per heavy atom. The first-order valence-electron chi connectivity index (χ1n) is 7.94. The zero-order chi connectivity index (χ0) is 13.1. The molecule has 0 spiro atoms. The summed E-state index contributed by atoms with van der Waals surface area (Å²) in [6, 6.07) is 0. The lowest BCUT2D eigenvalue weighted by Gasteiger charge is -2.01. The lowest BCUT2D eigenvalue weighted by molar-refractivity contribution is -0.699. The number of nitrogens with one attached hydrogen (secondary N) is 1. The van der Waals surface area contributed by atoms with E-state index in [2.05, 4.69) is 29.6 Å². The van der Waals surface area contributed by atoms with Crippen LogP contribution in [0, 0.1) is 0 Å². The molecule has 0 amide bonds. The van der Waals surface area contributed by atoms with E-state index in [0.29, 0.717) is 0 Å². The molecule has 0 aliphatic heterocycles. The van der Waals surface area contributed by atoms with Gasteiger partial charge in [0.15, 0.2) is 0 Å². The maximum Gasteiger partial charge on any atom is 0.254 e. The fourth-order valence-electron chi connectivity index (χ4n) is 2.51. The van der Waals surface area contributed by atoms with E-state index in [9.17, 15) is 0 Å². The van der Waals surface area contributed by atoms with Crippen LogP contribution in [0.25, 0.3) is 0 Å². The highest BCUT2D eigenvalue weighted by atomic mass is 15.0. The van der Waals surface area contributed by atoms with Crippen molar-refractivity contribution in [2.45, 2.75) is 84.6 Å². The third-order valence-electron chi connectivity index (χ3n) is 3.71. The molecule has 0 unspecified atom stereocenters. The molecule has 0 aromatic carbocycles. The van der Waals surface area contributed by atoms with Crippen LogP contribution in [-0.2, 0) is 13.0 Å². The van der Waals surface area contributed by atoms with Crippen molar-refractivity contribution in [1.82, 2.24) is 4.98 Å². The van der Waals surface area contributed by atoms with E-state index in [1.165, 1.54) is 70.0 Å². The number of aromatic nitrogens is 2. The van der Waals surface area contributed by atoms with Crippen LogP contribution < -0.4 is 4.57 Å². The van der Waals surface area contributed by atoms with Gasteiger partial charge in [-0.3, -0.25) is 0 Å².